The molecule has 1 amide bonds. The van der Waals surface area contributed by atoms with Crippen LogP contribution in [0.2, 0.25) is 0 Å². The monoisotopic (exact) mass is 553 g/mol. The van der Waals surface area contributed by atoms with Crippen LogP contribution in [0.15, 0.2) is 42.7 Å². The van der Waals surface area contributed by atoms with E-state index < -0.39 is 11.6 Å². The van der Waals surface area contributed by atoms with Crippen LogP contribution in [0, 0.1) is 20.8 Å². The number of ether oxygens (including phenoxy) is 3. The van der Waals surface area contributed by atoms with Gasteiger partial charge in [0.1, 0.15) is 17.2 Å². The minimum atomic E-state index is -1.13. The lowest BCUT2D eigenvalue weighted by atomic mass is 10.0. The topological polar surface area (TPSA) is 108 Å². The van der Waals surface area contributed by atoms with Crippen molar-refractivity contribution in [2.45, 2.75) is 67.2 Å². The third-order valence-electron chi connectivity index (χ3n) is 6.16. The quantitative estimate of drug-likeness (QED) is 0.210. The van der Waals surface area contributed by atoms with Gasteiger partial charge in [-0.25, -0.2) is 4.79 Å². The summed E-state index contributed by atoms with van der Waals surface area (Å²) in [6.45, 7) is 18.2. The summed E-state index contributed by atoms with van der Waals surface area (Å²) < 4.78 is 16.5. The van der Waals surface area contributed by atoms with Crippen molar-refractivity contribution in [1.29, 1.82) is 0 Å². The number of hydrogen-bond acceptors (Lipinski definition) is 8. The maximum Gasteiger partial charge on any atom is 0.349 e. The van der Waals surface area contributed by atoms with Gasteiger partial charge in [-0.3, -0.25) is 9.69 Å². The zero-order chi connectivity index (χ0) is 30.0. The summed E-state index contributed by atoms with van der Waals surface area (Å²) in [4.78, 5) is 28.2. The van der Waals surface area contributed by atoms with Crippen LogP contribution in [0.3, 0.4) is 0 Å². The Bertz CT molecular complexity index is 1250. The van der Waals surface area contributed by atoms with Crippen molar-refractivity contribution in [2.75, 3.05) is 27.3 Å². The van der Waals surface area contributed by atoms with Gasteiger partial charge in [0.2, 0.25) is 5.91 Å². The molecule has 2 rings (SSSR count). The van der Waals surface area contributed by atoms with E-state index >= 15 is 0 Å². The Labute approximate surface area is 237 Å². The SMILES string of the molecule is C=C(/C=C\C(=C/C)OC)n1nc(C)c(CN(CC(=O)NC)Cc2cc(C)c(OC(C)(C)C(=O)OCC)c(C)c2)n1. The van der Waals surface area contributed by atoms with Gasteiger partial charge in [-0.1, -0.05) is 18.7 Å². The van der Waals surface area contributed by atoms with E-state index in [-0.39, 0.29) is 19.1 Å². The second-order valence-electron chi connectivity index (χ2n) is 9.95. The summed E-state index contributed by atoms with van der Waals surface area (Å²) in [5.41, 5.74) is 3.70. The first-order valence-electron chi connectivity index (χ1n) is 13.2. The van der Waals surface area contributed by atoms with E-state index in [1.54, 1.807) is 47.1 Å². The number of carbonyl (C=O) groups is 2. The van der Waals surface area contributed by atoms with Crippen LogP contribution >= 0.6 is 0 Å². The molecule has 1 N–H and O–H groups in total. The Kier molecular flexibility index (Phi) is 11.7. The number of allylic oxidation sites excluding steroid dienone is 4. The first-order chi connectivity index (χ1) is 18.8. The number of aromatic nitrogens is 3. The minimum Gasteiger partial charge on any atom is -0.497 e. The predicted molar refractivity (Wildman–Crippen MR) is 155 cm³/mol. The average Bonchev–Trinajstić information content (AvgIpc) is 3.26. The number of benzene rings is 1. The molecule has 0 bridgehead atoms. The van der Waals surface area contributed by atoms with Gasteiger partial charge in [-0.2, -0.15) is 15.0 Å². The zero-order valence-corrected chi connectivity index (χ0v) is 25.3. The normalized spacial score (nSPS) is 12.1. The third kappa shape index (κ3) is 8.81. The molecule has 0 saturated heterocycles. The lowest BCUT2D eigenvalue weighted by Gasteiger charge is -2.27. The van der Waals surface area contributed by atoms with Gasteiger partial charge in [0.25, 0.3) is 0 Å². The van der Waals surface area contributed by atoms with E-state index in [9.17, 15) is 9.59 Å². The highest BCUT2D eigenvalue weighted by molar-refractivity contribution is 5.79. The molecular formula is C30H43N5O5. The third-order valence-corrected chi connectivity index (χ3v) is 6.16. The van der Waals surface area contributed by atoms with E-state index in [0.717, 1.165) is 28.1 Å². The Balaban J connectivity index is 2.28. The van der Waals surface area contributed by atoms with Gasteiger partial charge in [-0.15, -0.1) is 0 Å². The van der Waals surface area contributed by atoms with Crippen LogP contribution in [0.1, 0.15) is 55.8 Å². The lowest BCUT2D eigenvalue weighted by Crippen LogP contribution is -2.40. The number of likely N-dealkylation sites (N-methyl/N-ethyl adjacent to an activating group) is 1. The van der Waals surface area contributed by atoms with E-state index in [1.165, 1.54) is 4.80 Å². The van der Waals surface area contributed by atoms with Crippen molar-refractivity contribution in [2.24, 2.45) is 0 Å². The Morgan fingerprint density at radius 2 is 1.77 bits per heavy atom. The van der Waals surface area contributed by atoms with E-state index in [0.29, 0.717) is 30.3 Å². The van der Waals surface area contributed by atoms with Crippen LogP contribution in [0.5, 0.6) is 5.75 Å². The molecule has 0 unspecified atom stereocenters. The summed E-state index contributed by atoms with van der Waals surface area (Å²) in [7, 11) is 3.22. The number of methoxy groups -OCH3 is 1. The van der Waals surface area contributed by atoms with Gasteiger partial charge in [0.05, 0.1) is 31.7 Å². The Morgan fingerprint density at radius 1 is 1.12 bits per heavy atom. The standard InChI is InChI=1S/C30H43N5O5/c1-11-25(38-10)14-13-22(5)35-32-23(6)26(33-35)18-34(19-27(36)31-9)17-24-15-20(3)28(21(4)16-24)40-30(7,8)29(37)39-12-2/h11,13-16H,5,12,17-19H2,1-4,6-10H3,(H,31,36)/b14-13-,25-11+. The molecule has 0 aliphatic heterocycles. The molecule has 0 fully saturated rings. The number of nitrogens with one attached hydrogen (secondary N) is 1. The fourth-order valence-electron chi connectivity index (χ4n) is 4.02. The molecule has 2 aromatic rings. The summed E-state index contributed by atoms with van der Waals surface area (Å²) in [6, 6.07) is 4.01. The molecule has 0 aliphatic rings. The Morgan fingerprint density at radius 3 is 2.33 bits per heavy atom. The van der Waals surface area contributed by atoms with Crippen LogP contribution in [0.4, 0.5) is 0 Å². The highest BCUT2D eigenvalue weighted by Gasteiger charge is 2.32. The average molecular weight is 554 g/mol. The number of nitrogens with zero attached hydrogens (tertiary/aromatic N) is 4. The molecule has 10 nitrogen and oxygen atoms in total. The van der Waals surface area contributed by atoms with Crippen molar-refractivity contribution in [3.63, 3.8) is 0 Å². The van der Waals surface area contributed by atoms with Gasteiger partial charge >= 0.3 is 5.97 Å². The molecule has 10 heteroatoms. The molecule has 1 aromatic carbocycles. The first-order valence-corrected chi connectivity index (χ1v) is 13.2. The number of aryl methyl sites for hydroxylation is 3. The highest BCUT2D eigenvalue weighted by Crippen LogP contribution is 2.30. The number of rotatable bonds is 14. The van der Waals surface area contributed by atoms with Crippen molar-refractivity contribution in [1.82, 2.24) is 25.2 Å². The summed E-state index contributed by atoms with van der Waals surface area (Å²) in [5.74, 6) is 0.811. The van der Waals surface area contributed by atoms with E-state index in [1.807, 2.05) is 50.8 Å². The van der Waals surface area contributed by atoms with E-state index in [2.05, 4.69) is 22.1 Å². The Hall–Kier alpha value is -3.92. The van der Waals surface area contributed by atoms with E-state index in [4.69, 9.17) is 14.2 Å². The zero-order valence-electron chi connectivity index (χ0n) is 25.3. The fourth-order valence-corrected chi connectivity index (χ4v) is 4.02. The maximum atomic E-state index is 12.4. The number of carbonyl (C=O) groups excluding carboxylic acids is 2. The molecular weight excluding hydrogens is 510 g/mol. The highest BCUT2D eigenvalue weighted by atomic mass is 16.6. The second kappa shape index (κ2) is 14.5. The molecule has 218 valence electrons. The summed E-state index contributed by atoms with van der Waals surface area (Å²) in [5, 5.41) is 11.8. The molecule has 1 heterocycles. The molecule has 0 atom stereocenters. The lowest BCUT2D eigenvalue weighted by molar-refractivity contribution is -0.158. The number of amides is 1. The predicted octanol–water partition coefficient (Wildman–Crippen LogP) is 4.25. The van der Waals surface area contributed by atoms with Crippen LogP contribution < -0.4 is 10.1 Å². The van der Waals surface area contributed by atoms with Crippen molar-refractivity contribution >= 4 is 17.6 Å². The van der Waals surface area contributed by atoms with Gasteiger partial charge in [0.15, 0.2) is 5.60 Å². The molecule has 0 aliphatic carbocycles. The molecule has 1 aromatic heterocycles. The molecule has 0 spiro atoms. The van der Waals surface area contributed by atoms with Crippen LogP contribution in [-0.4, -0.2) is 64.7 Å². The fraction of sp³-hybridized carbons (Fsp3) is 0.467. The maximum absolute atomic E-state index is 12.4. The smallest absolute Gasteiger partial charge is 0.349 e. The summed E-state index contributed by atoms with van der Waals surface area (Å²) >= 11 is 0. The van der Waals surface area contributed by atoms with Crippen LogP contribution in [0.25, 0.3) is 5.70 Å². The first kappa shape index (κ1) is 32.3. The molecule has 0 radical (unpaired) electrons. The summed E-state index contributed by atoms with van der Waals surface area (Å²) in [6.07, 6.45) is 5.42. The van der Waals surface area contributed by atoms with Crippen molar-refractivity contribution in [3.8, 4) is 5.75 Å². The largest absolute Gasteiger partial charge is 0.497 e. The van der Waals surface area contributed by atoms with Gasteiger partial charge < -0.3 is 19.5 Å². The second-order valence-corrected chi connectivity index (χ2v) is 9.95. The van der Waals surface area contributed by atoms with Crippen molar-refractivity contribution < 1.29 is 23.8 Å². The van der Waals surface area contributed by atoms with Gasteiger partial charge in [-0.05, 0) is 83.4 Å². The molecule has 0 saturated carbocycles. The minimum absolute atomic E-state index is 0.111. The van der Waals surface area contributed by atoms with Gasteiger partial charge in [0, 0.05) is 20.1 Å². The van der Waals surface area contributed by atoms with Crippen molar-refractivity contribution in [3.05, 3.63) is 70.8 Å². The molecule has 40 heavy (non-hydrogen) atoms. The van der Waals surface area contributed by atoms with Crippen LogP contribution in [-0.2, 0) is 32.2 Å². The number of hydrogen-bond donors (Lipinski definition) is 1. The number of esters is 1.